The number of ether oxygens (including phenoxy) is 2. The summed E-state index contributed by atoms with van der Waals surface area (Å²) in [5.74, 6) is 1.47. The predicted molar refractivity (Wildman–Crippen MR) is 62.9 cm³/mol. The van der Waals surface area contributed by atoms with Crippen molar-refractivity contribution in [1.29, 1.82) is 0 Å². The quantitative estimate of drug-likeness (QED) is 0.783. The van der Waals surface area contributed by atoms with Crippen LogP contribution in [0.15, 0.2) is 18.2 Å². The Bertz CT molecular complexity index is 350. The lowest BCUT2D eigenvalue weighted by molar-refractivity contribution is 0.0689. The maximum absolute atomic E-state index is 9.94. The predicted octanol–water partition coefficient (Wildman–Crippen LogP) is 0.956. The maximum Gasteiger partial charge on any atom is 0.122 e. The number of aliphatic hydroxyl groups is 1. The number of rotatable bonds is 5. The first kappa shape index (κ1) is 12.8. The fraction of sp³-hybridized carbons (Fsp3) is 0.500. The van der Waals surface area contributed by atoms with E-state index < -0.39 is 5.60 Å². The van der Waals surface area contributed by atoms with Gasteiger partial charge in [-0.15, -0.1) is 0 Å². The summed E-state index contributed by atoms with van der Waals surface area (Å²) >= 11 is 0. The zero-order chi connectivity index (χ0) is 12.2. The minimum Gasteiger partial charge on any atom is -0.497 e. The Hall–Kier alpha value is -1.26. The highest BCUT2D eigenvalue weighted by atomic mass is 16.5. The number of hydrogen-bond donors (Lipinski definition) is 2. The lowest BCUT2D eigenvalue weighted by Crippen LogP contribution is -2.36. The minimum atomic E-state index is -0.931. The van der Waals surface area contributed by atoms with Crippen molar-refractivity contribution in [1.82, 2.24) is 0 Å². The number of nitrogens with two attached hydrogens (primary N) is 1. The number of methoxy groups -OCH3 is 2. The van der Waals surface area contributed by atoms with Gasteiger partial charge in [0.1, 0.15) is 11.5 Å². The van der Waals surface area contributed by atoms with Gasteiger partial charge in [-0.05, 0) is 25.1 Å². The SMILES string of the molecule is COc1ccc(OC)c(CC(C)(O)CN)c1. The van der Waals surface area contributed by atoms with Crippen LogP contribution in [0.2, 0.25) is 0 Å². The molecular formula is C12H19NO3. The fourth-order valence-electron chi connectivity index (χ4n) is 1.50. The first-order chi connectivity index (χ1) is 7.52. The maximum atomic E-state index is 9.94. The van der Waals surface area contributed by atoms with Crippen LogP contribution in [0, 0.1) is 0 Å². The molecule has 0 aliphatic rings. The van der Waals surface area contributed by atoms with E-state index in [-0.39, 0.29) is 6.54 Å². The van der Waals surface area contributed by atoms with Crippen LogP contribution in [0.25, 0.3) is 0 Å². The summed E-state index contributed by atoms with van der Waals surface area (Å²) in [6.45, 7) is 1.90. The van der Waals surface area contributed by atoms with E-state index in [0.29, 0.717) is 6.42 Å². The second kappa shape index (κ2) is 5.18. The third kappa shape index (κ3) is 3.12. The van der Waals surface area contributed by atoms with Crippen LogP contribution in [-0.2, 0) is 6.42 Å². The lowest BCUT2D eigenvalue weighted by atomic mass is 9.96. The molecule has 0 saturated carbocycles. The molecule has 0 amide bonds. The van der Waals surface area contributed by atoms with E-state index in [0.717, 1.165) is 17.1 Å². The van der Waals surface area contributed by atoms with Crippen LogP contribution >= 0.6 is 0 Å². The molecule has 90 valence electrons. The second-order valence-electron chi connectivity index (χ2n) is 4.06. The van der Waals surface area contributed by atoms with Crippen molar-refractivity contribution in [3.63, 3.8) is 0 Å². The second-order valence-corrected chi connectivity index (χ2v) is 4.06. The monoisotopic (exact) mass is 225 g/mol. The summed E-state index contributed by atoms with van der Waals surface area (Å²) in [7, 11) is 3.20. The molecule has 0 radical (unpaired) electrons. The smallest absolute Gasteiger partial charge is 0.122 e. The van der Waals surface area contributed by atoms with E-state index >= 15 is 0 Å². The average molecular weight is 225 g/mol. The molecule has 1 unspecified atom stereocenters. The molecule has 4 nitrogen and oxygen atoms in total. The van der Waals surface area contributed by atoms with Gasteiger partial charge in [-0.3, -0.25) is 0 Å². The summed E-state index contributed by atoms with van der Waals surface area (Å²) in [6, 6.07) is 5.49. The van der Waals surface area contributed by atoms with Gasteiger partial charge in [0.25, 0.3) is 0 Å². The van der Waals surface area contributed by atoms with Gasteiger partial charge in [-0.25, -0.2) is 0 Å². The first-order valence-corrected chi connectivity index (χ1v) is 5.16. The van der Waals surface area contributed by atoms with Crippen LogP contribution in [0.3, 0.4) is 0 Å². The van der Waals surface area contributed by atoms with Crippen LogP contribution < -0.4 is 15.2 Å². The van der Waals surface area contributed by atoms with Crippen molar-refractivity contribution in [2.45, 2.75) is 18.9 Å². The van der Waals surface area contributed by atoms with E-state index in [9.17, 15) is 5.11 Å². The fourth-order valence-corrected chi connectivity index (χ4v) is 1.50. The Morgan fingerprint density at radius 3 is 2.50 bits per heavy atom. The Morgan fingerprint density at radius 1 is 1.31 bits per heavy atom. The Labute approximate surface area is 96.0 Å². The normalized spacial score (nSPS) is 14.3. The molecule has 0 fully saturated rings. The standard InChI is InChI=1S/C12H19NO3/c1-12(14,8-13)7-9-6-10(15-2)4-5-11(9)16-3/h4-6,14H,7-8,13H2,1-3H3. The molecule has 0 aromatic heterocycles. The molecule has 0 saturated heterocycles. The molecule has 0 bridgehead atoms. The van der Waals surface area contributed by atoms with E-state index in [1.165, 1.54) is 0 Å². The van der Waals surface area contributed by atoms with Gasteiger partial charge in [0.15, 0.2) is 0 Å². The van der Waals surface area contributed by atoms with Gasteiger partial charge < -0.3 is 20.3 Å². The number of hydrogen-bond acceptors (Lipinski definition) is 4. The molecule has 0 aliphatic carbocycles. The molecule has 0 heterocycles. The Morgan fingerprint density at radius 2 is 2.00 bits per heavy atom. The molecule has 0 aliphatic heterocycles. The molecule has 1 atom stereocenters. The molecule has 0 spiro atoms. The van der Waals surface area contributed by atoms with Crippen molar-refractivity contribution in [2.75, 3.05) is 20.8 Å². The number of benzene rings is 1. The van der Waals surface area contributed by atoms with E-state index in [4.69, 9.17) is 15.2 Å². The van der Waals surface area contributed by atoms with Gasteiger partial charge in [0.05, 0.1) is 19.8 Å². The largest absolute Gasteiger partial charge is 0.497 e. The summed E-state index contributed by atoms with van der Waals surface area (Å²) in [5.41, 5.74) is 5.45. The lowest BCUT2D eigenvalue weighted by Gasteiger charge is -2.22. The first-order valence-electron chi connectivity index (χ1n) is 5.16. The van der Waals surface area contributed by atoms with Gasteiger partial charge in [-0.2, -0.15) is 0 Å². The molecule has 3 N–H and O–H groups in total. The van der Waals surface area contributed by atoms with Crippen molar-refractivity contribution in [3.05, 3.63) is 23.8 Å². The summed E-state index contributed by atoms with van der Waals surface area (Å²) in [4.78, 5) is 0. The zero-order valence-electron chi connectivity index (χ0n) is 9.99. The van der Waals surface area contributed by atoms with Gasteiger partial charge in [-0.1, -0.05) is 0 Å². The van der Waals surface area contributed by atoms with Gasteiger partial charge in [0, 0.05) is 18.5 Å². The zero-order valence-corrected chi connectivity index (χ0v) is 9.99. The topological polar surface area (TPSA) is 64.7 Å². The van der Waals surface area contributed by atoms with E-state index in [1.807, 2.05) is 18.2 Å². The highest BCUT2D eigenvalue weighted by Crippen LogP contribution is 2.27. The van der Waals surface area contributed by atoms with Crippen LogP contribution in [0.4, 0.5) is 0 Å². The molecular weight excluding hydrogens is 206 g/mol. The van der Waals surface area contributed by atoms with Crippen LogP contribution in [0.5, 0.6) is 11.5 Å². The Kier molecular flexibility index (Phi) is 4.15. The van der Waals surface area contributed by atoms with Crippen molar-refractivity contribution < 1.29 is 14.6 Å². The minimum absolute atomic E-state index is 0.202. The van der Waals surface area contributed by atoms with E-state index in [1.54, 1.807) is 21.1 Å². The van der Waals surface area contributed by atoms with Crippen molar-refractivity contribution in [2.24, 2.45) is 5.73 Å². The molecule has 1 rings (SSSR count). The van der Waals surface area contributed by atoms with Gasteiger partial charge >= 0.3 is 0 Å². The molecule has 4 heteroatoms. The highest BCUT2D eigenvalue weighted by Gasteiger charge is 2.21. The molecule has 16 heavy (non-hydrogen) atoms. The van der Waals surface area contributed by atoms with Crippen molar-refractivity contribution >= 4 is 0 Å². The highest BCUT2D eigenvalue weighted by molar-refractivity contribution is 5.41. The summed E-state index contributed by atoms with van der Waals surface area (Å²) in [5, 5.41) is 9.94. The van der Waals surface area contributed by atoms with Crippen LogP contribution in [-0.4, -0.2) is 31.5 Å². The summed E-state index contributed by atoms with van der Waals surface area (Å²) < 4.78 is 10.4. The average Bonchev–Trinajstić information content (AvgIpc) is 2.28. The molecule has 1 aromatic carbocycles. The van der Waals surface area contributed by atoms with Crippen molar-refractivity contribution in [3.8, 4) is 11.5 Å². The third-order valence-corrected chi connectivity index (χ3v) is 2.50. The van der Waals surface area contributed by atoms with E-state index in [2.05, 4.69) is 0 Å². The third-order valence-electron chi connectivity index (χ3n) is 2.50. The van der Waals surface area contributed by atoms with Crippen LogP contribution in [0.1, 0.15) is 12.5 Å². The Balaban J connectivity index is 3.00. The van der Waals surface area contributed by atoms with Gasteiger partial charge in [0.2, 0.25) is 0 Å². The summed E-state index contributed by atoms with van der Waals surface area (Å²) in [6.07, 6.45) is 0.434. The molecule has 1 aromatic rings.